The van der Waals surface area contributed by atoms with E-state index in [0.29, 0.717) is 5.69 Å². The average Bonchev–Trinajstić information content (AvgIpc) is 2.76. The summed E-state index contributed by atoms with van der Waals surface area (Å²) < 4.78 is 1.40. The summed E-state index contributed by atoms with van der Waals surface area (Å²) in [5, 5.41) is 16.0. The van der Waals surface area contributed by atoms with Crippen LogP contribution >= 0.6 is 0 Å². The number of carboxylic acids is 1. The number of carbonyl (C=O) groups excluding carboxylic acids is 1. The van der Waals surface area contributed by atoms with E-state index in [2.05, 4.69) is 10.4 Å². The number of carbonyl (C=O) groups is 2. The lowest BCUT2D eigenvalue weighted by Gasteiger charge is -2.18. The zero-order valence-electron chi connectivity index (χ0n) is 11.8. The highest BCUT2D eigenvalue weighted by atomic mass is 16.4. The fourth-order valence-electron chi connectivity index (χ4n) is 1.82. The van der Waals surface area contributed by atoms with Crippen molar-refractivity contribution in [1.29, 1.82) is 0 Å². The van der Waals surface area contributed by atoms with Crippen LogP contribution in [0.4, 0.5) is 0 Å². The molecule has 6 nitrogen and oxygen atoms in total. The summed E-state index contributed by atoms with van der Waals surface area (Å²) in [6, 6.07) is -0.377. The average molecular weight is 267 g/mol. The molecule has 6 heteroatoms. The van der Waals surface area contributed by atoms with Gasteiger partial charge in [0.2, 0.25) is 5.91 Å². The Labute approximate surface area is 112 Å². The Morgan fingerprint density at radius 3 is 2.42 bits per heavy atom. The Hall–Kier alpha value is -1.85. The van der Waals surface area contributed by atoms with Crippen molar-refractivity contribution in [3.63, 3.8) is 0 Å². The van der Waals surface area contributed by atoms with E-state index < -0.39 is 12.0 Å². The smallest absolute Gasteiger partial charge is 0.339 e. The Kier molecular flexibility index (Phi) is 5.09. The van der Waals surface area contributed by atoms with Crippen LogP contribution in [0.5, 0.6) is 0 Å². The van der Waals surface area contributed by atoms with Crippen LogP contribution in [0.2, 0.25) is 0 Å². The second-order valence-electron chi connectivity index (χ2n) is 4.61. The lowest BCUT2D eigenvalue weighted by Crippen LogP contribution is -2.38. The van der Waals surface area contributed by atoms with Gasteiger partial charge in [0.05, 0.1) is 5.69 Å². The number of aromatic nitrogens is 2. The van der Waals surface area contributed by atoms with Crippen LogP contribution < -0.4 is 5.32 Å². The quantitative estimate of drug-likeness (QED) is 0.822. The van der Waals surface area contributed by atoms with Gasteiger partial charge in [0.25, 0.3) is 0 Å². The van der Waals surface area contributed by atoms with E-state index in [1.165, 1.54) is 10.9 Å². The fourth-order valence-corrected chi connectivity index (χ4v) is 1.82. The summed E-state index contributed by atoms with van der Waals surface area (Å²) in [7, 11) is 0. The van der Waals surface area contributed by atoms with E-state index in [-0.39, 0.29) is 17.5 Å². The van der Waals surface area contributed by atoms with Crippen LogP contribution in [0.3, 0.4) is 0 Å². The van der Waals surface area contributed by atoms with Crippen molar-refractivity contribution in [1.82, 2.24) is 15.1 Å². The normalized spacial score (nSPS) is 12.5. The predicted octanol–water partition coefficient (Wildman–Crippen LogP) is 1.76. The van der Waals surface area contributed by atoms with Crippen molar-refractivity contribution in [3.8, 4) is 0 Å². The molecule has 1 unspecified atom stereocenters. The van der Waals surface area contributed by atoms with Gasteiger partial charge in [-0.1, -0.05) is 13.8 Å². The predicted molar refractivity (Wildman–Crippen MR) is 71.1 cm³/mol. The van der Waals surface area contributed by atoms with Crippen molar-refractivity contribution in [3.05, 3.63) is 17.5 Å². The fraction of sp³-hybridized carbons (Fsp3) is 0.615. The molecule has 1 aromatic heterocycles. The molecule has 1 heterocycles. The van der Waals surface area contributed by atoms with Gasteiger partial charge < -0.3 is 10.4 Å². The third-order valence-corrected chi connectivity index (χ3v) is 3.26. The number of rotatable bonds is 6. The Morgan fingerprint density at radius 2 is 2.00 bits per heavy atom. The molecular weight excluding hydrogens is 246 g/mol. The van der Waals surface area contributed by atoms with Crippen molar-refractivity contribution < 1.29 is 14.7 Å². The molecule has 0 aromatic carbocycles. The van der Waals surface area contributed by atoms with Gasteiger partial charge in [-0.2, -0.15) is 5.10 Å². The molecule has 0 aliphatic carbocycles. The molecule has 19 heavy (non-hydrogen) atoms. The summed E-state index contributed by atoms with van der Waals surface area (Å²) >= 11 is 0. The first kappa shape index (κ1) is 15.2. The van der Waals surface area contributed by atoms with E-state index in [0.717, 1.165) is 12.8 Å². The highest BCUT2D eigenvalue weighted by molar-refractivity contribution is 5.88. The van der Waals surface area contributed by atoms with Crippen LogP contribution in [0.25, 0.3) is 0 Å². The second kappa shape index (κ2) is 6.36. The molecule has 0 aliphatic heterocycles. The van der Waals surface area contributed by atoms with Crippen molar-refractivity contribution in [2.75, 3.05) is 0 Å². The van der Waals surface area contributed by atoms with Crippen LogP contribution in [-0.4, -0.2) is 32.8 Å². The molecule has 1 rings (SSSR count). The zero-order chi connectivity index (χ0) is 14.6. The van der Waals surface area contributed by atoms with Gasteiger partial charge in [-0.3, -0.25) is 9.48 Å². The molecule has 106 valence electrons. The summed E-state index contributed by atoms with van der Waals surface area (Å²) in [6.07, 6.45) is 3.13. The Balaban J connectivity index is 2.82. The molecule has 1 atom stereocenters. The van der Waals surface area contributed by atoms with E-state index in [9.17, 15) is 9.59 Å². The standard InChI is InChI=1S/C13H21N3O3/c1-5-10(6-2)14-12(17)9(4)16-7-11(13(18)19)8(3)15-16/h7,9-10H,5-6H2,1-4H3,(H,14,17)(H,18,19). The third kappa shape index (κ3) is 3.56. The minimum absolute atomic E-state index is 0.127. The number of hydrogen-bond acceptors (Lipinski definition) is 3. The van der Waals surface area contributed by atoms with Gasteiger partial charge in [-0.15, -0.1) is 0 Å². The van der Waals surface area contributed by atoms with E-state index in [4.69, 9.17) is 5.11 Å². The number of hydrogen-bond donors (Lipinski definition) is 2. The highest BCUT2D eigenvalue weighted by Gasteiger charge is 2.21. The number of nitrogens with one attached hydrogen (secondary N) is 1. The maximum Gasteiger partial charge on any atom is 0.339 e. The largest absolute Gasteiger partial charge is 0.478 e. The van der Waals surface area contributed by atoms with Gasteiger partial charge >= 0.3 is 5.97 Å². The highest BCUT2D eigenvalue weighted by Crippen LogP contribution is 2.12. The minimum Gasteiger partial charge on any atom is -0.478 e. The molecule has 0 saturated carbocycles. The molecule has 0 aliphatic rings. The Bertz CT molecular complexity index is 464. The van der Waals surface area contributed by atoms with Gasteiger partial charge in [-0.05, 0) is 26.7 Å². The first-order valence-corrected chi connectivity index (χ1v) is 6.50. The third-order valence-electron chi connectivity index (χ3n) is 3.26. The van der Waals surface area contributed by atoms with Crippen LogP contribution in [0.15, 0.2) is 6.20 Å². The molecule has 1 aromatic rings. The molecule has 0 radical (unpaired) electrons. The van der Waals surface area contributed by atoms with Gasteiger partial charge in [0.15, 0.2) is 0 Å². The lowest BCUT2D eigenvalue weighted by atomic mass is 10.1. The number of aryl methyl sites for hydroxylation is 1. The maximum atomic E-state index is 12.0. The summed E-state index contributed by atoms with van der Waals surface area (Å²) in [5.41, 5.74) is 0.539. The number of amides is 1. The monoisotopic (exact) mass is 267 g/mol. The van der Waals surface area contributed by atoms with Crippen LogP contribution in [-0.2, 0) is 4.79 Å². The number of nitrogens with zero attached hydrogens (tertiary/aromatic N) is 2. The van der Waals surface area contributed by atoms with Crippen molar-refractivity contribution in [2.45, 2.75) is 52.6 Å². The first-order valence-electron chi connectivity index (χ1n) is 6.50. The van der Waals surface area contributed by atoms with Gasteiger partial charge in [0, 0.05) is 12.2 Å². The van der Waals surface area contributed by atoms with Crippen LogP contribution in [0, 0.1) is 6.92 Å². The van der Waals surface area contributed by atoms with Gasteiger partial charge in [0.1, 0.15) is 11.6 Å². The molecule has 1 amide bonds. The molecule has 2 N–H and O–H groups in total. The Morgan fingerprint density at radius 1 is 1.42 bits per heavy atom. The summed E-state index contributed by atoms with van der Waals surface area (Å²) in [4.78, 5) is 23.0. The van der Waals surface area contributed by atoms with E-state index in [1.807, 2.05) is 13.8 Å². The molecule has 0 spiro atoms. The second-order valence-corrected chi connectivity index (χ2v) is 4.61. The topological polar surface area (TPSA) is 84.2 Å². The zero-order valence-corrected chi connectivity index (χ0v) is 11.8. The van der Waals surface area contributed by atoms with E-state index in [1.54, 1.807) is 13.8 Å². The van der Waals surface area contributed by atoms with E-state index >= 15 is 0 Å². The SMILES string of the molecule is CCC(CC)NC(=O)C(C)n1cc(C(=O)O)c(C)n1. The van der Waals surface area contributed by atoms with Gasteiger partial charge in [-0.25, -0.2) is 4.79 Å². The lowest BCUT2D eigenvalue weighted by molar-refractivity contribution is -0.124. The molecule has 0 saturated heterocycles. The van der Waals surface area contributed by atoms with Crippen molar-refractivity contribution >= 4 is 11.9 Å². The van der Waals surface area contributed by atoms with Crippen LogP contribution in [0.1, 0.15) is 55.7 Å². The summed E-state index contributed by atoms with van der Waals surface area (Å²) in [5.74, 6) is -1.18. The first-order chi connectivity index (χ1) is 8.90. The van der Waals surface area contributed by atoms with Crippen molar-refractivity contribution in [2.24, 2.45) is 0 Å². The number of aromatic carboxylic acids is 1. The molecule has 0 bridgehead atoms. The molecule has 0 fully saturated rings. The molecular formula is C13H21N3O3. The maximum absolute atomic E-state index is 12.0. The number of carboxylic acid groups (broad SMARTS) is 1. The minimum atomic E-state index is -1.03. The summed E-state index contributed by atoms with van der Waals surface area (Å²) in [6.45, 7) is 7.35.